The van der Waals surface area contributed by atoms with Crippen LogP contribution in [0.2, 0.25) is 5.02 Å². The van der Waals surface area contributed by atoms with E-state index >= 15 is 0 Å². The van der Waals surface area contributed by atoms with Crippen molar-refractivity contribution >= 4 is 41.1 Å². The van der Waals surface area contributed by atoms with Gasteiger partial charge in [-0.15, -0.1) is 11.8 Å². The molecule has 3 aromatic rings. The van der Waals surface area contributed by atoms with Gasteiger partial charge < -0.3 is 10.1 Å². The van der Waals surface area contributed by atoms with Crippen LogP contribution in [-0.4, -0.2) is 34.5 Å². The molecule has 0 fully saturated rings. The molecular formula is C20H18ClN3O3S. The second-order valence-electron chi connectivity index (χ2n) is 5.90. The van der Waals surface area contributed by atoms with Crippen molar-refractivity contribution in [3.05, 3.63) is 65.2 Å². The molecule has 0 saturated carbocycles. The van der Waals surface area contributed by atoms with E-state index in [2.05, 4.69) is 10.4 Å². The molecule has 0 spiro atoms. The number of nitrogens with zero attached hydrogens (tertiary/aromatic N) is 2. The first-order valence-corrected chi connectivity index (χ1v) is 9.97. The lowest BCUT2D eigenvalue weighted by atomic mass is 10.1. The highest BCUT2D eigenvalue weighted by Crippen LogP contribution is 2.23. The van der Waals surface area contributed by atoms with Crippen LogP contribution in [0.5, 0.6) is 0 Å². The maximum Gasteiger partial charge on any atom is 0.338 e. The first-order valence-electron chi connectivity index (χ1n) is 8.37. The number of carbonyl (C=O) groups excluding carboxylic acids is 2. The Labute approximate surface area is 171 Å². The second-order valence-corrected chi connectivity index (χ2v) is 7.21. The van der Waals surface area contributed by atoms with Gasteiger partial charge in [0.1, 0.15) is 5.82 Å². The van der Waals surface area contributed by atoms with Gasteiger partial charge in [-0.3, -0.25) is 9.48 Å². The average Bonchev–Trinajstić information content (AvgIpc) is 3.07. The van der Waals surface area contributed by atoms with Gasteiger partial charge in [0.25, 0.3) is 5.91 Å². The molecule has 3 rings (SSSR count). The summed E-state index contributed by atoms with van der Waals surface area (Å²) >= 11 is 7.48. The van der Waals surface area contributed by atoms with Gasteiger partial charge >= 0.3 is 5.97 Å². The van der Waals surface area contributed by atoms with Crippen molar-refractivity contribution in [2.75, 3.05) is 18.2 Å². The summed E-state index contributed by atoms with van der Waals surface area (Å²) in [6, 6.07) is 16.0. The van der Waals surface area contributed by atoms with E-state index in [1.807, 2.05) is 30.5 Å². The van der Waals surface area contributed by atoms with Gasteiger partial charge in [0.15, 0.2) is 6.61 Å². The largest absolute Gasteiger partial charge is 0.452 e. The third-order valence-corrected chi connectivity index (χ3v) is 4.94. The minimum atomic E-state index is -0.547. The number of hydrogen-bond donors (Lipinski definition) is 1. The molecule has 0 aliphatic carbocycles. The van der Waals surface area contributed by atoms with E-state index < -0.39 is 11.9 Å². The number of amides is 1. The quantitative estimate of drug-likeness (QED) is 0.481. The molecule has 2 aromatic carbocycles. The number of benzene rings is 2. The molecule has 1 heterocycles. The summed E-state index contributed by atoms with van der Waals surface area (Å²) in [4.78, 5) is 25.2. The van der Waals surface area contributed by atoms with Crippen LogP contribution in [-0.2, 0) is 16.6 Å². The van der Waals surface area contributed by atoms with Crippen LogP contribution in [0.15, 0.2) is 59.5 Å². The monoisotopic (exact) mass is 415 g/mol. The number of esters is 1. The highest BCUT2D eigenvalue weighted by Gasteiger charge is 2.13. The van der Waals surface area contributed by atoms with Crippen LogP contribution in [0.3, 0.4) is 0 Å². The van der Waals surface area contributed by atoms with E-state index in [0.717, 1.165) is 10.5 Å². The van der Waals surface area contributed by atoms with Crippen molar-refractivity contribution in [1.82, 2.24) is 9.78 Å². The van der Waals surface area contributed by atoms with E-state index in [1.54, 1.807) is 53.8 Å². The molecule has 144 valence electrons. The summed E-state index contributed by atoms with van der Waals surface area (Å²) in [5, 5.41) is 7.70. The fraction of sp³-hybridized carbons (Fsp3) is 0.150. The van der Waals surface area contributed by atoms with Gasteiger partial charge in [-0.05, 0) is 42.7 Å². The van der Waals surface area contributed by atoms with E-state index in [1.165, 1.54) is 0 Å². The molecule has 0 bridgehead atoms. The van der Waals surface area contributed by atoms with Crippen LogP contribution < -0.4 is 5.32 Å². The molecule has 0 aliphatic heterocycles. The zero-order valence-electron chi connectivity index (χ0n) is 15.3. The van der Waals surface area contributed by atoms with Gasteiger partial charge in [0.05, 0.1) is 11.3 Å². The van der Waals surface area contributed by atoms with Crippen molar-refractivity contribution in [2.45, 2.75) is 4.90 Å². The van der Waals surface area contributed by atoms with Gasteiger partial charge in [-0.2, -0.15) is 5.10 Å². The third kappa shape index (κ3) is 4.94. The number of aromatic nitrogens is 2. The Bertz CT molecular complexity index is 985. The van der Waals surface area contributed by atoms with E-state index in [4.69, 9.17) is 16.3 Å². The van der Waals surface area contributed by atoms with Crippen LogP contribution in [0, 0.1) is 0 Å². The van der Waals surface area contributed by atoms with E-state index in [9.17, 15) is 9.59 Å². The maximum absolute atomic E-state index is 12.1. The highest BCUT2D eigenvalue weighted by atomic mass is 35.5. The fourth-order valence-corrected chi connectivity index (χ4v) is 3.00. The number of anilines is 1. The number of halogens is 1. The molecule has 0 saturated heterocycles. The minimum absolute atomic E-state index is 0.384. The van der Waals surface area contributed by atoms with Gasteiger partial charge in [0, 0.05) is 28.6 Å². The Morgan fingerprint density at radius 3 is 2.46 bits per heavy atom. The lowest BCUT2D eigenvalue weighted by Crippen LogP contribution is -2.22. The Kier molecular flexibility index (Phi) is 6.38. The predicted octanol–water partition coefficient (Wildman–Crippen LogP) is 4.26. The topological polar surface area (TPSA) is 73.2 Å². The predicted molar refractivity (Wildman–Crippen MR) is 111 cm³/mol. The van der Waals surface area contributed by atoms with Crippen molar-refractivity contribution in [3.8, 4) is 11.3 Å². The lowest BCUT2D eigenvalue weighted by Gasteiger charge is -2.07. The van der Waals surface area contributed by atoms with Crippen molar-refractivity contribution in [2.24, 2.45) is 7.05 Å². The maximum atomic E-state index is 12.1. The Morgan fingerprint density at radius 2 is 1.82 bits per heavy atom. The molecule has 1 N–H and O–H groups in total. The fourth-order valence-electron chi connectivity index (χ4n) is 2.47. The summed E-state index contributed by atoms with van der Waals surface area (Å²) in [5.41, 5.74) is 1.97. The number of aryl methyl sites for hydroxylation is 1. The molecule has 0 aliphatic rings. The molecule has 0 unspecified atom stereocenters. The lowest BCUT2D eigenvalue weighted by molar-refractivity contribution is -0.119. The molecular weight excluding hydrogens is 398 g/mol. The number of ether oxygens (including phenoxy) is 1. The third-order valence-electron chi connectivity index (χ3n) is 3.95. The summed E-state index contributed by atoms with van der Waals surface area (Å²) in [7, 11) is 1.72. The molecule has 28 heavy (non-hydrogen) atoms. The van der Waals surface area contributed by atoms with E-state index in [-0.39, 0.29) is 6.61 Å². The number of rotatable bonds is 6. The van der Waals surface area contributed by atoms with Crippen molar-refractivity contribution in [3.63, 3.8) is 0 Å². The Hall–Kier alpha value is -2.77. The standard InChI is InChI=1S/C20H18ClN3O3S/c1-24-18(11-17(23-24)13-3-7-15(21)8-4-13)22-19(25)12-27-20(26)14-5-9-16(28-2)10-6-14/h3-11H,12H2,1-2H3,(H,22,25). The van der Waals surface area contributed by atoms with Crippen molar-refractivity contribution in [1.29, 1.82) is 0 Å². The first kappa shape index (κ1) is 20.0. The molecule has 0 atom stereocenters. The van der Waals surface area contributed by atoms with E-state index in [0.29, 0.717) is 22.1 Å². The summed E-state index contributed by atoms with van der Waals surface area (Å²) in [6.45, 7) is -0.384. The Morgan fingerprint density at radius 1 is 1.14 bits per heavy atom. The second kappa shape index (κ2) is 8.95. The van der Waals surface area contributed by atoms with Crippen LogP contribution in [0.25, 0.3) is 11.3 Å². The number of carbonyl (C=O) groups is 2. The molecule has 1 amide bonds. The molecule has 6 nitrogen and oxygen atoms in total. The van der Waals surface area contributed by atoms with Gasteiger partial charge in [-0.1, -0.05) is 23.7 Å². The minimum Gasteiger partial charge on any atom is -0.452 e. The molecule has 0 radical (unpaired) electrons. The van der Waals surface area contributed by atoms with Crippen LogP contribution >= 0.6 is 23.4 Å². The zero-order chi connectivity index (χ0) is 20.1. The summed E-state index contributed by atoms with van der Waals surface area (Å²) in [5.74, 6) is -0.496. The van der Waals surface area contributed by atoms with Crippen LogP contribution in [0.4, 0.5) is 5.82 Å². The van der Waals surface area contributed by atoms with Crippen LogP contribution in [0.1, 0.15) is 10.4 Å². The zero-order valence-corrected chi connectivity index (χ0v) is 16.9. The number of thioether (sulfide) groups is 1. The number of hydrogen-bond acceptors (Lipinski definition) is 5. The summed E-state index contributed by atoms with van der Waals surface area (Å²) < 4.78 is 6.62. The highest BCUT2D eigenvalue weighted by molar-refractivity contribution is 7.98. The van der Waals surface area contributed by atoms with Gasteiger partial charge in [0.2, 0.25) is 0 Å². The smallest absolute Gasteiger partial charge is 0.338 e. The molecule has 8 heteroatoms. The molecule has 1 aromatic heterocycles. The normalized spacial score (nSPS) is 10.5. The average molecular weight is 416 g/mol. The van der Waals surface area contributed by atoms with Gasteiger partial charge in [-0.25, -0.2) is 4.79 Å². The first-order chi connectivity index (χ1) is 13.5. The summed E-state index contributed by atoms with van der Waals surface area (Å²) in [6.07, 6.45) is 1.95. The number of nitrogens with one attached hydrogen (secondary N) is 1. The Balaban J connectivity index is 1.58. The SMILES string of the molecule is CSc1ccc(C(=O)OCC(=O)Nc2cc(-c3ccc(Cl)cc3)nn2C)cc1. The van der Waals surface area contributed by atoms with Crippen molar-refractivity contribution < 1.29 is 14.3 Å².